The molecule has 1 rings (SSSR count). The minimum absolute atomic E-state index is 0.103. The summed E-state index contributed by atoms with van der Waals surface area (Å²) in [7, 11) is 0.643. The van der Waals surface area contributed by atoms with Gasteiger partial charge in [0.15, 0.2) is 0 Å². The van der Waals surface area contributed by atoms with Crippen molar-refractivity contribution in [1.82, 2.24) is 5.32 Å². The average molecular weight is 312 g/mol. The predicted octanol–water partition coefficient (Wildman–Crippen LogP) is 1.49. The second-order valence-electron chi connectivity index (χ2n) is 3.66. The van der Waals surface area contributed by atoms with E-state index in [0.717, 1.165) is 12.1 Å². The Labute approximate surface area is 116 Å². The number of hydrogen-bond donors (Lipinski definition) is 2. The van der Waals surface area contributed by atoms with Crippen molar-refractivity contribution < 1.29 is 32.6 Å². The van der Waals surface area contributed by atoms with Crippen LogP contribution < -0.4 is 5.32 Å². The molecule has 0 aliphatic heterocycles. The molecular weight excluding hydrogens is 303 g/mol. The van der Waals surface area contributed by atoms with Crippen LogP contribution in [-0.4, -0.2) is 36.0 Å². The molecule has 0 radical (unpaired) electrons. The van der Waals surface area contributed by atoms with E-state index in [1.54, 1.807) is 0 Å². The molecule has 0 unspecified atom stereocenters. The van der Waals surface area contributed by atoms with Crippen LogP contribution in [0, 0.1) is 0 Å². The summed E-state index contributed by atoms with van der Waals surface area (Å²) in [4.78, 5) is 22.7. The van der Waals surface area contributed by atoms with Crippen LogP contribution in [0.2, 0.25) is 5.02 Å². The normalized spacial score (nSPS) is 14.3. The van der Waals surface area contributed by atoms with E-state index in [9.17, 15) is 27.9 Å². The van der Waals surface area contributed by atoms with Crippen molar-refractivity contribution in [2.75, 3.05) is 7.11 Å². The molecule has 0 heterocycles. The van der Waals surface area contributed by atoms with E-state index in [-0.39, 0.29) is 10.6 Å². The zero-order valence-electron chi connectivity index (χ0n) is 9.99. The maximum atomic E-state index is 12.7. The number of alkyl halides is 3. The topological polar surface area (TPSA) is 75.6 Å². The number of amides is 1. The Morgan fingerprint density at radius 3 is 2.40 bits per heavy atom. The summed E-state index contributed by atoms with van der Waals surface area (Å²) < 4.78 is 42.0. The summed E-state index contributed by atoms with van der Waals surface area (Å²) in [6.45, 7) is 0. The van der Waals surface area contributed by atoms with Crippen molar-refractivity contribution in [2.45, 2.75) is 11.9 Å². The van der Waals surface area contributed by atoms with Crippen molar-refractivity contribution >= 4 is 23.5 Å². The Morgan fingerprint density at radius 1 is 1.35 bits per heavy atom. The standard InChI is InChI=1S/C11H9ClF3NO4/c1-20-9(18)10(19,11(13,14)15)16-8(17)6-3-2-4-7(12)5-6/h2-5,19H,1H3,(H,16,17)/t10-/m0/s1. The Bertz CT molecular complexity index is 535. The Morgan fingerprint density at radius 2 is 1.95 bits per heavy atom. The molecule has 1 amide bonds. The lowest BCUT2D eigenvalue weighted by Gasteiger charge is -2.28. The number of carbonyl (C=O) groups excluding carboxylic acids is 2. The zero-order chi connectivity index (χ0) is 15.6. The molecule has 1 atom stereocenters. The van der Waals surface area contributed by atoms with Gasteiger partial charge < -0.3 is 15.2 Å². The van der Waals surface area contributed by atoms with Crippen molar-refractivity contribution in [3.63, 3.8) is 0 Å². The number of aliphatic hydroxyl groups is 1. The van der Waals surface area contributed by atoms with Gasteiger partial charge in [0.25, 0.3) is 5.91 Å². The molecular formula is C11H9ClF3NO4. The van der Waals surface area contributed by atoms with Gasteiger partial charge in [0.1, 0.15) is 0 Å². The van der Waals surface area contributed by atoms with Crippen molar-refractivity contribution in [3.05, 3.63) is 34.9 Å². The molecule has 20 heavy (non-hydrogen) atoms. The maximum Gasteiger partial charge on any atom is 0.448 e. The molecule has 0 saturated heterocycles. The van der Waals surface area contributed by atoms with E-state index in [2.05, 4.69) is 4.74 Å². The first kappa shape index (κ1) is 16.3. The summed E-state index contributed by atoms with van der Waals surface area (Å²) in [6.07, 6.45) is -5.45. The second-order valence-corrected chi connectivity index (χ2v) is 4.10. The minimum atomic E-state index is -5.45. The van der Waals surface area contributed by atoms with Gasteiger partial charge in [-0.2, -0.15) is 13.2 Å². The van der Waals surface area contributed by atoms with Crippen LogP contribution >= 0.6 is 11.6 Å². The fourth-order valence-electron chi connectivity index (χ4n) is 1.25. The number of rotatable bonds is 3. The van der Waals surface area contributed by atoms with Gasteiger partial charge in [0, 0.05) is 10.6 Å². The molecule has 0 aliphatic rings. The van der Waals surface area contributed by atoms with Crippen molar-refractivity contribution in [2.24, 2.45) is 0 Å². The lowest BCUT2D eigenvalue weighted by molar-refractivity contribution is -0.268. The molecule has 0 fully saturated rings. The van der Waals surface area contributed by atoms with Gasteiger partial charge in [-0.15, -0.1) is 0 Å². The van der Waals surface area contributed by atoms with Crippen LogP contribution in [0.5, 0.6) is 0 Å². The average Bonchev–Trinajstić information content (AvgIpc) is 2.36. The van der Waals surface area contributed by atoms with Crippen molar-refractivity contribution in [3.8, 4) is 0 Å². The van der Waals surface area contributed by atoms with Crippen molar-refractivity contribution in [1.29, 1.82) is 0 Å². The van der Waals surface area contributed by atoms with Gasteiger partial charge in [0.05, 0.1) is 7.11 Å². The SMILES string of the molecule is COC(=O)[C@@](O)(NC(=O)c1cccc(Cl)c1)C(F)(F)F. The third kappa shape index (κ3) is 3.20. The molecule has 0 aliphatic carbocycles. The van der Waals surface area contributed by atoms with Crippen LogP contribution in [0.4, 0.5) is 13.2 Å². The molecule has 0 spiro atoms. The third-order valence-corrected chi connectivity index (χ3v) is 2.51. The third-order valence-electron chi connectivity index (χ3n) is 2.27. The number of benzene rings is 1. The quantitative estimate of drug-likeness (QED) is 0.655. The molecule has 0 bridgehead atoms. The zero-order valence-corrected chi connectivity index (χ0v) is 10.7. The van der Waals surface area contributed by atoms with Crippen LogP contribution in [0.15, 0.2) is 24.3 Å². The van der Waals surface area contributed by atoms with Gasteiger partial charge >= 0.3 is 17.9 Å². The van der Waals surface area contributed by atoms with E-state index in [1.807, 2.05) is 0 Å². The highest BCUT2D eigenvalue weighted by Gasteiger charge is 2.62. The van der Waals surface area contributed by atoms with Crippen LogP contribution in [0.25, 0.3) is 0 Å². The number of methoxy groups -OCH3 is 1. The van der Waals surface area contributed by atoms with Crippen LogP contribution in [0.1, 0.15) is 10.4 Å². The van der Waals surface area contributed by atoms with E-state index in [4.69, 9.17) is 11.6 Å². The van der Waals surface area contributed by atoms with Gasteiger partial charge in [-0.25, -0.2) is 4.79 Å². The summed E-state index contributed by atoms with van der Waals surface area (Å²) >= 11 is 5.58. The number of halogens is 4. The Balaban J connectivity index is 3.09. The molecule has 5 nitrogen and oxygen atoms in total. The lowest BCUT2D eigenvalue weighted by Crippen LogP contribution is -2.64. The highest BCUT2D eigenvalue weighted by atomic mass is 35.5. The number of hydrogen-bond acceptors (Lipinski definition) is 4. The summed E-state index contributed by atoms with van der Waals surface area (Å²) in [6, 6.07) is 4.96. The monoisotopic (exact) mass is 311 g/mol. The fourth-order valence-corrected chi connectivity index (χ4v) is 1.44. The van der Waals surface area contributed by atoms with E-state index >= 15 is 0 Å². The first-order chi connectivity index (χ1) is 9.11. The number of carbonyl (C=O) groups is 2. The Hall–Kier alpha value is -1.80. The smallest absolute Gasteiger partial charge is 0.448 e. The maximum absolute atomic E-state index is 12.7. The van der Waals surface area contributed by atoms with Gasteiger partial charge in [0.2, 0.25) is 0 Å². The first-order valence-electron chi connectivity index (χ1n) is 5.07. The first-order valence-corrected chi connectivity index (χ1v) is 5.45. The lowest BCUT2D eigenvalue weighted by atomic mass is 10.1. The fraction of sp³-hybridized carbons (Fsp3) is 0.273. The summed E-state index contributed by atoms with van der Waals surface area (Å²) in [5.41, 5.74) is -4.40. The van der Waals surface area contributed by atoms with Gasteiger partial charge in [-0.1, -0.05) is 17.7 Å². The Kier molecular flexibility index (Phi) is 4.61. The molecule has 0 saturated carbocycles. The van der Waals surface area contributed by atoms with E-state index in [0.29, 0.717) is 7.11 Å². The highest BCUT2D eigenvalue weighted by Crippen LogP contribution is 2.29. The molecule has 1 aromatic rings. The number of nitrogens with one attached hydrogen (secondary N) is 1. The van der Waals surface area contributed by atoms with Gasteiger partial charge in [-0.05, 0) is 18.2 Å². The summed E-state index contributed by atoms with van der Waals surface area (Å²) in [5, 5.41) is 10.6. The predicted molar refractivity (Wildman–Crippen MR) is 61.9 cm³/mol. The summed E-state index contributed by atoms with van der Waals surface area (Å²) in [5.74, 6) is -3.39. The molecule has 110 valence electrons. The van der Waals surface area contributed by atoms with Gasteiger partial charge in [-0.3, -0.25) is 4.79 Å². The largest absolute Gasteiger partial charge is 0.465 e. The molecule has 2 N–H and O–H groups in total. The molecule has 9 heteroatoms. The minimum Gasteiger partial charge on any atom is -0.465 e. The van der Waals surface area contributed by atoms with Crippen LogP contribution in [-0.2, 0) is 9.53 Å². The van der Waals surface area contributed by atoms with E-state index in [1.165, 1.54) is 17.4 Å². The molecule has 0 aromatic heterocycles. The molecule has 1 aromatic carbocycles. The second kappa shape index (κ2) is 5.68. The number of ether oxygens (including phenoxy) is 1. The highest BCUT2D eigenvalue weighted by molar-refractivity contribution is 6.31. The van der Waals surface area contributed by atoms with Crippen LogP contribution in [0.3, 0.4) is 0 Å². The number of esters is 1. The van der Waals surface area contributed by atoms with E-state index < -0.39 is 23.8 Å².